The largest absolute Gasteiger partial charge is 0.466 e. The third kappa shape index (κ3) is 4.19. The van der Waals surface area contributed by atoms with Crippen LogP contribution in [0.1, 0.15) is 45.2 Å². The van der Waals surface area contributed by atoms with E-state index >= 15 is 0 Å². The lowest BCUT2D eigenvalue weighted by molar-refractivity contribution is -0.148. The summed E-state index contributed by atoms with van der Waals surface area (Å²) in [7, 11) is -0.577. The maximum Gasteiger partial charge on any atom is 0.346 e. The van der Waals surface area contributed by atoms with Crippen molar-refractivity contribution >= 4 is 21.6 Å². The van der Waals surface area contributed by atoms with Crippen molar-refractivity contribution in [2.75, 3.05) is 13.4 Å². The zero-order valence-electron chi connectivity index (χ0n) is 17.9. The van der Waals surface area contributed by atoms with Crippen molar-refractivity contribution in [3.05, 3.63) is 39.6 Å². The quantitative estimate of drug-likeness (QED) is 0.519. The van der Waals surface area contributed by atoms with Gasteiger partial charge in [0.2, 0.25) is 11.7 Å². The summed E-state index contributed by atoms with van der Waals surface area (Å²) < 4.78 is 36.0. The second kappa shape index (κ2) is 7.98. The number of sulfone groups is 1. The van der Waals surface area contributed by atoms with Gasteiger partial charge in [0.1, 0.15) is 5.56 Å². The van der Waals surface area contributed by atoms with Crippen LogP contribution in [0.2, 0.25) is 0 Å². The second-order valence-corrected chi connectivity index (χ2v) is 9.05. The number of esters is 1. The van der Waals surface area contributed by atoms with E-state index in [1.54, 1.807) is 40.8 Å². The molecule has 1 aromatic carbocycles. The van der Waals surface area contributed by atoms with Crippen molar-refractivity contribution in [1.82, 2.24) is 9.78 Å². The molecule has 9 heteroatoms. The molecular formula is C20H26N2O6S. The van der Waals surface area contributed by atoms with Gasteiger partial charge in [-0.15, -0.1) is 0 Å². The molecule has 0 aliphatic heterocycles. The highest BCUT2D eigenvalue weighted by molar-refractivity contribution is 7.90. The van der Waals surface area contributed by atoms with Gasteiger partial charge in [-0.05, 0) is 57.4 Å². The molecule has 1 aromatic heterocycles. The number of hydrogen-bond acceptors (Lipinski definition) is 7. The number of nitrogens with zero attached hydrogens (tertiary/aromatic N) is 2. The average molecular weight is 423 g/mol. The van der Waals surface area contributed by atoms with Crippen LogP contribution < -0.4 is 4.74 Å². The molecule has 0 saturated heterocycles. The number of carbonyl (C=O) groups excluding carboxylic acids is 2. The Bertz CT molecular complexity index is 1100. The first-order valence-electron chi connectivity index (χ1n) is 8.94. The number of aromatic nitrogens is 2. The van der Waals surface area contributed by atoms with Crippen molar-refractivity contribution in [3.8, 4) is 5.88 Å². The average Bonchev–Trinajstić information content (AvgIpc) is 2.88. The number of rotatable bonds is 6. The SMILES string of the molecule is COC(=O)C(C)Oc1c(C(=O)c2cc(C)c(S(C)(=O)=O)c(C)c2C)c(C)nn1C. The van der Waals surface area contributed by atoms with Gasteiger partial charge in [-0.1, -0.05) is 0 Å². The van der Waals surface area contributed by atoms with Crippen molar-refractivity contribution < 1.29 is 27.5 Å². The van der Waals surface area contributed by atoms with Gasteiger partial charge in [0.15, 0.2) is 15.9 Å². The van der Waals surface area contributed by atoms with Crippen LogP contribution >= 0.6 is 0 Å². The van der Waals surface area contributed by atoms with E-state index in [4.69, 9.17) is 4.74 Å². The minimum absolute atomic E-state index is 0.146. The van der Waals surface area contributed by atoms with Gasteiger partial charge in [0, 0.05) is 18.9 Å². The highest BCUT2D eigenvalue weighted by Gasteiger charge is 2.29. The number of benzene rings is 1. The second-order valence-electron chi connectivity index (χ2n) is 7.09. The fourth-order valence-corrected chi connectivity index (χ4v) is 4.77. The summed E-state index contributed by atoms with van der Waals surface area (Å²) in [5.41, 5.74) is 2.60. The predicted molar refractivity (Wildman–Crippen MR) is 107 cm³/mol. The summed E-state index contributed by atoms with van der Waals surface area (Å²) in [5, 5.41) is 4.25. The Hall–Kier alpha value is -2.68. The van der Waals surface area contributed by atoms with Crippen LogP contribution in [0.5, 0.6) is 5.88 Å². The van der Waals surface area contributed by atoms with E-state index in [2.05, 4.69) is 9.84 Å². The van der Waals surface area contributed by atoms with E-state index in [9.17, 15) is 18.0 Å². The summed E-state index contributed by atoms with van der Waals surface area (Å²) in [6.45, 7) is 8.24. The predicted octanol–water partition coefficient (Wildman–Crippen LogP) is 2.23. The van der Waals surface area contributed by atoms with Gasteiger partial charge in [0.05, 0.1) is 17.7 Å². The maximum atomic E-state index is 13.4. The van der Waals surface area contributed by atoms with Crippen molar-refractivity contribution in [2.24, 2.45) is 7.05 Å². The Morgan fingerprint density at radius 3 is 2.24 bits per heavy atom. The molecule has 0 N–H and O–H groups in total. The summed E-state index contributed by atoms with van der Waals surface area (Å²) in [6, 6.07) is 1.57. The molecule has 0 fully saturated rings. The van der Waals surface area contributed by atoms with E-state index < -0.39 is 21.9 Å². The molecule has 158 valence electrons. The Balaban J connectivity index is 2.64. The number of carbonyl (C=O) groups is 2. The van der Waals surface area contributed by atoms with Crippen molar-refractivity contribution in [3.63, 3.8) is 0 Å². The maximum absolute atomic E-state index is 13.4. The van der Waals surface area contributed by atoms with E-state index in [1.807, 2.05) is 0 Å². The summed E-state index contributed by atoms with van der Waals surface area (Å²) in [6.07, 6.45) is 0.216. The first kappa shape index (κ1) is 22.6. The molecular weight excluding hydrogens is 396 g/mol. The molecule has 0 spiro atoms. The van der Waals surface area contributed by atoms with E-state index in [0.717, 1.165) is 6.26 Å². The lowest BCUT2D eigenvalue weighted by Crippen LogP contribution is -2.26. The molecule has 1 heterocycles. The molecule has 29 heavy (non-hydrogen) atoms. The Kier molecular flexibility index (Phi) is 6.22. The standard InChI is InChI=1S/C20H26N2O6S/c1-10-9-15(11(2)12(3)18(10)29(8,25)26)17(23)16-13(4)21-22(6)19(16)28-14(5)20(24)27-7/h9,14H,1-8H3. The Morgan fingerprint density at radius 1 is 1.14 bits per heavy atom. The van der Waals surface area contributed by atoms with Crippen LogP contribution in [0.4, 0.5) is 0 Å². The van der Waals surface area contributed by atoms with Crippen molar-refractivity contribution in [2.45, 2.75) is 45.6 Å². The third-order valence-electron chi connectivity index (χ3n) is 4.86. The summed E-state index contributed by atoms with van der Waals surface area (Å²) in [4.78, 5) is 25.4. The fourth-order valence-electron chi connectivity index (χ4n) is 3.41. The highest BCUT2D eigenvalue weighted by Crippen LogP contribution is 2.31. The van der Waals surface area contributed by atoms with E-state index in [-0.39, 0.29) is 22.1 Å². The first-order chi connectivity index (χ1) is 13.3. The minimum atomic E-state index is -3.44. The number of ketones is 1. The molecule has 8 nitrogen and oxygen atoms in total. The van der Waals surface area contributed by atoms with Crippen molar-refractivity contribution in [1.29, 1.82) is 0 Å². The van der Waals surface area contributed by atoms with Gasteiger partial charge in [-0.25, -0.2) is 17.9 Å². The molecule has 0 aliphatic carbocycles. The molecule has 0 radical (unpaired) electrons. The van der Waals surface area contributed by atoms with Gasteiger partial charge in [-0.2, -0.15) is 5.10 Å². The van der Waals surface area contributed by atoms with Gasteiger partial charge in [0.25, 0.3) is 0 Å². The molecule has 0 bridgehead atoms. The number of methoxy groups -OCH3 is 1. The van der Waals surface area contributed by atoms with Crippen LogP contribution in [0.3, 0.4) is 0 Å². The number of aryl methyl sites for hydroxylation is 3. The fraction of sp³-hybridized carbons (Fsp3) is 0.450. The number of hydrogen-bond donors (Lipinski definition) is 0. The lowest BCUT2D eigenvalue weighted by atomic mass is 9.94. The molecule has 2 aromatic rings. The molecule has 0 aliphatic rings. The van der Waals surface area contributed by atoms with Crippen LogP contribution in [0.25, 0.3) is 0 Å². The Labute approximate surface area is 170 Å². The molecule has 1 atom stereocenters. The monoisotopic (exact) mass is 422 g/mol. The number of ether oxygens (including phenoxy) is 2. The molecule has 0 amide bonds. The van der Waals surface area contributed by atoms with E-state index in [1.165, 1.54) is 18.7 Å². The molecule has 0 saturated carbocycles. The topological polar surface area (TPSA) is 105 Å². The molecule has 1 unspecified atom stereocenters. The lowest BCUT2D eigenvalue weighted by Gasteiger charge is -2.17. The van der Waals surface area contributed by atoms with Gasteiger partial charge < -0.3 is 9.47 Å². The van der Waals surface area contributed by atoms with E-state index in [0.29, 0.717) is 27.9 Å². The van der Waals surface area contributed by atoms with Crippen LogP contribution in [-0.4, -0.2) is 49.4 Å². The normalized spacial score (nSPS) is 12.6. The zero-order chi connectivity index (χ0) is 22.3. The smallest absolute Gasteiger partial charge is 0.346 e. The van der Waals surface area contributed by atoms with Crippen LogP contribution in [0.15, 0.2) is 11.0 Å². The Morgan fingerprint density at radius 2 is 1.72 bits per heavy atom. The summed E-state index contributed by atoms with van der Waals surface area (Å²) >= 11 is 0. The zero-order valence-corrected chi connectivity index (χ0v) is 18.7. The van der Waals surface area contributed by atoms with Gasteiger partial charge >= 0.3 is 5.97 Å². The highest BCUT2D eigenvalue weighted by atomic mass is 32.2. The van der Waals surface area contributed by atoms with Gasteiger partial charge in [-0.3, -0.25) is 4.79 Å². The molecule has 2 rings (SSSR count). The van der Waals surface area contributed by atoms with Crippen LogP contribution in [0, 0.1) is 27.7 Å². The first-order valence-corrected chi connectivity index (χ1v) is 10.8. The summed E-state index contributed by atoms with van der Waals surface area (Å²) in [5.74, 6) is -0.790. The minimum Gasteiger partial charge on any atom is -0.466 e. The van der Waals surface area contributed by atoms with Crippen LogP contribution in [-0.2, 0) is 26.4 Å². The third-order valence-corrected chi connectivity index (χ3v) is 6.23.